The Morgan fingerprint density at radius 1 is 1.07 bits per heavy atom. The number of nitrogens with one attached hydrogen (secondary N) is 1. The summed E-state index contributed by atoms with van der Waals surface area (Å²) in [6.07, 6.45) is -7.78. The highest BCUT2D eigenvalue weighted by Crippen LogP contribution is 2.26. The van der Waals surface area contributed by atoms with Crippen molar-refractivity contribution in [2.24, 2.45) is 5.92 Å². The molecule has 0 bridgehead atoms. The standard InChI is InChI=1S/C24H22Cl2F3N7O4S/c25-16-7-5-15(6-8-16)21-33-35(23(38)34(21)10-19(37)24(27,28)29)11-20-31-22(30-9-14-12-41(39,40)13-14)36(32-20)18-4-2-1-3-17(18)26/h1-8,14,19,37H,9-13H2,(H,30,31,32). The molecule has 4 aromatic rings. The van der Waals surface area contributed by atoms with Crippen LogP contribution in [0, 0.1) is 5.92 Å². The van der Waals surface area contributed by atoms with Crippen LogP contribution in [-0.2, 0) is 22.9 Å². The minimum Gasteiger partial charge on any atom is -0.382 e. The SMILES string of the molecule is O=c1n(Cc2nc(NCC3CS(=O)(=O)C3)n(-c3ccccc3Cl)n2)nc(-c2ccc(Cl)cc2)n1CC(O)C(F)(F)F. The molecule has 1 aliphatic heterocycles. The summed E-state index contributed by atoms with van der Waals surface area (Å²) in [4.78, 5) is 17.7. The van der Waals surface area contributed by atoms with E-state index in [2.05, 4.69) is 20.5 Å². The molecule has 1 saturated heterocycles. The number of aromatic nitrogens is 6. The summed E-state index contributed by atoms with van der Waals surface area (Å²) < 4.78 is 65.6. The van der Waals surface area contributed by atoms with Crippen LogP contribution in [0.15, 0.2) is 53.3 Å². The first-order valence-electron chi connectivity index (χ1n) is 12.1. The lowest BCUT2D eigenvalue weighted by molar-refractivity contribution is -0.207. The van der Waals surface area contributed by atoms with Crippen molar-refractivity contribution in [1.29, 1.82) is 0 Å². The van der Waals surface area contributed by atoms with Crippen molar-refractivity contribution in [3.8, 4) is 17.1 Å². The topological polar surface area (TPSA) is 137 Å². The molecule has 1 unspecified atom stereocenters. The van der Waals surface area contributed by atoms with E-state index in [0.29, 0.717) is 21.3 Å². The van der Waals surface area contributed by atoms with Crippen molar-refractivity contribution in [3.63, 3.8) is 0 Å². The van der Waals surface area contributed by atoms with E-state index in [1.54, 1.807) is 24.3 Å². The molecule has 2 aromatic carbocycles. The number of benzene rings is 2. The van der Waals surface area contributed by atoms with Gasteiger partial charge in [-0.1, -0.05) is 35.3 Å². The van der Waals surface area contributed by atoms with Crippen molar-refractivity contribution in [3.05, 3.63) is 74.9 Å². The van der Waals surface area contributed by atoms with E-state index in [1.807, 2.05) is 0 Å². The van der Waals surface area contributed by atoms with Crippen molar-refractivity contribution in [2.75, 3.05) is 23.4 Å². The molecule has 0 aliphatic carbocycles. The largest absolute Gasteiger partial charge is 0.416 e. The van der Waals surface area contributed by atoms with Gasteiger partial charge in [0.15, 0.2) is 27.6 Å². The van der Waals surface area contributed by atoms with E-state index in [-0.39, 0.29) is 48.1 Å². The molecule has 41 heavy (non-hydrogen) atoms. The Labute approximate surface area is 241 Å². The summed E-state index contributed by atoms with van der Waals surface area (Å²) in [5.74, 6) is 0.119. The number of alkyl halides is 3. The first-order valence-corrected chi connectivity index (χ1v) is 14.7. The Kier molecular flexibility index (Phi) is 7.89. The summed E-state index contributed by atoms with van der Waals surface area (Å²) >= 11 is 12.3. The lowest BCUT2D eigenvalue weighted by Crippen LogP contribution is -2.40. The van der Waals surface area contributed by atoms with Gasteiger partial charge in [0.2, 0.25) is 5.95 Å². The van der Waals surface area contributed by atoms with Gasteiger partial charge < -0.3 is 10.4 Å². The van der Waals surface area contributed by atoms with E-state index in [9.17, 15) is 31.5 Å². The number of halogens is 5. The van der Waals surface area contributed by atoms with Gasteiger partial charge >= 0.3 is 11.9 Å². The predicted octanol–water partition coefficient (Wildman–Crippen LogP) is 3.03. The number of aliphatic hydroxyl groups excluding tert-OH is 1. The molecule has 3 heterocycles. The molecular formula is C24H22Cl2F3N7O4S. The third-order valence-electron chi connectivity index (χ3n) is 6.31. The van der Waals surface area contributed by atoms with Gasteiger partial charge in [-0.2, -0.15) is 22.8 Å². The molecule has 11 nitrogen and oxygen atoms in total. The van der Waals surface area contributed by atoms with Gasteiger partial charge in [-0.05, 0) is 36.4 Å². The highest BCUT2D eigenvalue weighted by atomic mass is 35.5. The maximum absolute atomic E-state index is 13.2. The molecule has 1 aliphatic rings. The third-order valence-corrected chi connectivity index (χ3v) is 8.84. The smallest absolute Gasteiger partial charge is 0.382 e. The summed E-state index contributed by atoms with van der Waals surface area (Å²) in [5.41, 5.74) is -0.182. The van der Waals surface area contributed by atoms with E-state index in [1.165, 1.54) is 28.9 Å². The fourth-order valence-electron chi connectivity index (χ4n) is 4.28. The zero-order valence-corrected chi connectivity index (χ0v) is 23.3. The van der Waals surface area contributed by atoms with Gasteiger partial charge in [-0.25, -0.2) is 17.9 Å². The number of aliphatic hydroxyl groups is 1. The van der Waals surface area contributed by atoms with Crippen LogP contribution >= 0.6 is 23.2 Å². The molecule has 5 rings (SSSR count). The van der Waals surface area contributed by atoms with Crippen LogP contribution in [-0.4, -0.2) is 73.0 Å². The molecular weight excluding hydrogens is 610 g/mol. The molecule has 1 fully saturated rings. The van der Waals surface area contributed by atoms with Crippen LogP contribution in [0.1, 0.15) is 5.82 Å². The second-order valence-electron chi connectivity index (χ2n) is 9.48. The zero-order chi connectivity index (χ0) is 29.5. The number of hydrogen-bond acceptors (Lipinski definition) is 8. The molecule has 1 atom stereocenters. The lowest BCUT2D eigenvalue weighted by atomic mass is 10.2. The van der Waals surface area contributed by atoms with Crippen LogP contribution < -0.4 is 11.0 Å². The van der Waals surface area contributed by atoms with Gasteiger partial charge in [0.25, 0.3) is 0 Å². The zero-order valence-electron chi connectivity index (χ0n) is 21.0. The van der Waals surface area contributed by atoms with Crippen molar-refractivity contribution < 1.29 is 26.7 Å². The van der Waals surface area contributed by atoms with Crippen LogP contribution in [0.2, 0.25) is 10.0 Å². The fraction of sp³-hybridized carbons (Fsp3) is 0.333. The maximum Gasteiger partial charge on any atom is 0.416 e. The van der Waals surface area contributed by atoms with Crippen LogP contribution in [0.25, 0.3) is 17.1 Å². The molecule has 2 aromatic heterocycles. The van der Waals surface area contributed by atoms with Gasteiger partial charge in [-0.3, -0.25) is 4.57 Å². The normalized spacial score (nSPS) is 16.0. The number of sulfone groups is 1. The molecule has 2 N–H and O–H groups in total. The Bertz CT molecular complexity index is 1720. The third kappa shape index (κ3) is 6.42. The van der Waals surface area contributed by atoms with Crippen molar-refractivity contribution in [1.82, 2.24) is 29.1 Å². The van der Waals surface area contributed by atoms with Gasteiger partial charge in [-0.15, -0.1) is 10.2 Å². The Morgan fingerprint density at radius 3 is 2.39 bits per heavy atom. The highest BCUT2D eigenvalue weighted by molar-refractivity contribution is 7.92. The maximum atomic E-state index is 13.2. The quantitative estimate of drug-likeness (QED) is 0.288. The first-order chi connectivity index (χ1) is 19.3. The Balaban J connectivity index is 1.50. The van der Waals surface area contributed by atoms with E-state index in [4.69, 9.17) is 23.2 Å². The van der Waals surface area contributed by atoms with Gasteiger partial charge in [0.1, 0.15) is 6.54 Å². The lowest BCUT2D eigenvalue weighted by Gasteiger charge is -2.25. The first kappa shape index (κ1) is 29.1. The molecule has 17 heteroatoms. The van der Waals surface area contributed by atoms with Crippen LogP contribution in [0.4, 0.5) is 19.1 Å². The minimum atomic E-state index is -4.96. The summed E-state index contributed by atoms with van der Waals surface area (Å²) in [6, 6.07) is 12.7. The second kappa shape index (κ2) is 11.1. The molecule has 0 radical (unpaired) electrons. The number of rotatable bonds is 9. The number of anilines is 1. The van der Waals surface area contributed by atoms with E-state index in [0.717, 1.165) is 9.25 Å². The van der Waals surface area contributed by atoms with Gasteiger partial charge in [0.05, 0.1) is 28.8 Å². The minimum absolute atomic E-state index is 0.0389. The molecule has 218 valence electrons. The number of para-hydroxylation sites is 1. The van der Waals surface area contributed by atoms with E-state index >= 15 is 0 Å². The predicted molar refractivity (Wildman–Crippen MR) is 145 cm³/mol. The molecule has 0 amide bonds. The highest BCUT2D eigenvalue weighted by Gasteiger charge is 2.39. The monoisotopic (exact) mass is 631 g/mol. The van der Waals surface area contributed by atoms with Crippen LogP contribution in [0.5, 0.6) is 0 Å². The summed E-state index contributed by atoms with van der Waals surface area (Å²) in [7, 11) is -3.04. The van der Waals surface area contributed by atoms with Gasteiger partial charge in [0, 0.05) is 23.0 Å². The fourth-order valence-corrected chi connectivity index (χ4v) is 6.20. The summed E-state index contributed by atoms with van der Waals surface area (Å²) in [5, 5.41) is 22.1. The number of hydrogen-bond donors (Lipinski definition) is 2. The average molecular weight is 632 g/mol. The molecule has 0 spiro atoms. The average Bonchev–Trinajstić information content (AvgIpc) is 3.42. The molecule has 0 saturated carbocycles. The Morgan fingerprint density at radius 2 is 1.76 bits per heavy atom. The van der Waals surface area contributed by atoms with Crippen molar-refractivity contribution >= 4 is 39.0 Å². The van der Waals surface area contributed by atoms with Crippen LogP contribution in [0.3, 0.4) is 0 Å². The van der Waals surface area contributed by atoms with Crippen molar-refractivity contribution in [2.45, 2.75) is 25.4 Å². The second-order valence-corrected chi connectivity index (χ2v) is 12.5. The number of nitrogens with zero attached hydrogens (tertiary/aromatic N) is 6. The van der Waals surface area contributed by atoms with E-state index < -0.39 is 34.4 Å². The Hall–Kier alpha value is -3.40. The summed E-state index contributed by atoms with van der Waals surface area (Å²) in [6.45, 7) is -1.14.